The number of aryl methyl sites for hydroxylation is 1. The number of nitrogens with one attached hydrogen (secondary N) is 1. The smallest absolute Gasteiger partial charge is 0.172 e. The Morgan fingerprint density at radius 2 is 1.71 bits per heavy atom. The van der Waals surface area contributed by atoms with Crippen molar-refractivity contribution < 1.29 is 6.22 Å². The van der Waals surface area contributed by atoms with Gasteiger partial charge in [-0.3, -0.25) is 4.79 Å². The van der Waals surface area contributed by atoms with Crippen LogP contribution in [-0.2, 0) is 0 Å². The largest absolute Gasteiger partial charge is 0.303 e. The Bertz CT molecular complexity index is 395. The lowest BCUT2D eigenvalue weighted by molar-refractivity contribution is 0.102. The van der Waals surface area contributed by atoms with Gasteiger partial charge in [-0.1, -0.05) is 57.0 Å². The quantitative estimate of drug-likeness (QED) is 0.546. The molecule has 0 saturated carbocycles. The molecular weight excluding hydrogens is 278 g/mol. The molecule has 2 unspecified atom stereocenters. The van der Waals surface area contributed by atoms with Crippen LogP contribution in [0.5, 0.6) is 0 Å². The van der Waals surface area contributed by atoms with Crippen molar-refractivity contribution >= 4 is 17.5 Å². The molecule has 0 heterocycles. The fraction of sp³-hybridized carbons (Fsp3) is 0.611. The first-order valence-corrected chi connectivity index (χ1v) is 8.96. The van der Waals surface area contributed by atoms with E-state index in [1.165, 1.54) is 12.0 Å². The van der Waals surface area contributed by atoms with Gasteiger partial charge in [0.05, 0.1) is 11.1 Å². The van der Waals surface area contributed by atoms with Crippen molar-refractivity contribution in [3.8, 4) is 0 Å². The first-order valence-electron chi connectivity index (χ1n) is 7.92. The third-order valence-electron chi connectivity index (χ3n) is 2.97. The number of Topliss-reactive ketones (excluding diaryl/α,β-unsaturated/α-hetero) is 1. The van der Waals surface area contributed by atoms with Gasteiger partial charge in [-0.25, -0.2) is 0 Å². The summed E-state index contributed by atoms with van der Waals surface area (Å²) < 4.78 is 0. The van der Waals surface area contributed by atoms with Crippen LogP contribution < -0.4 is 5.32 Å². The third kappa shape index (κ3) is 9.70. The van der Waals surface area contributed by atoms with Gasteiger partial charge in [-0.05, 0) is 27.2 Å². The molecule has 1 N–H and O–H groups in total. The van der Waals surface area contributed by atoms with E-state index in [4.69, 9.17) is 0 Å². The molecular formula is C18H33NOS. The van der Waals surface area contributed by atoms with Gasteiger partial charge in [-0.15, -0.1) is 11.8 Å². The lowest BCUT2D eigenvalue weighted by Crippen LogP contribution is -2.32. The normalized spacial score (nSPS) is 13.0. The molecule has 122 valence electrons. The number of hydrogen-bond acceptors (Lipinski definition) is 3. The van der Waals surface area contributed by atoms with E-state index in [0.717, 1.165) is 12.0 Å². The summed E-state index contributed by atoms with van der Waals surface area (Å²) in [5, 5.41) is 3.77. The number of ketones is 1. The molecule has 0 aromatic heterocycles. The Labute approximate surface area is 136 Å². The van der Waals surface area contributed by atoms with Crippen molar-refractivity contribution in [3.63, 3.8) is 0 Å². The summed E-state index contributed by atoms with van der Waals surface area (Å²) in [7, 11) is 0. The van der Waals surface area contributed by atoms with Gasteiger partial charge in [-0.2, -0.15) is 0 Å². The van der Waals surface area contributed by atoms with Gasteiger partial charge in [0, 0.05) is 13.0 Å². The molecule has 3 heteroatoms. The minimum Gasteiger partial charge on any atom is -0.303 e. The van der Waals surface area contributed by atoms with Gasteiger partial charge in [0.15, 0.2) is 5.78 Å². The number of hydrogen-bond donors (Lipinski definition) is 1. The van der Waals surface area contributed by atoms with Gasteiger partial charge in [0.1, 0.15) is 0 Å². The van der Waals surface area contributed by atoms with Crippen LogP contribution in [0.3, 0.4) is 0 Å². The number of carbonyl (C=O) groups is 1. The van der Waals surface area contributed by atoms with E-state index < -0.39 is 0 Å². The van der Waals surface area contributed by atoms with Crippen molar-refractivity contribution in [1.82, 2.24) is 5.32 Å². The van der Waals surface area contributed by atoms with Crippen molar-refractivity contribution in [3.05, 3.63) is 35.4 Å². The molecule has 0 bridgehead atoms. The van der Waals surface area contributed by atoms with E-state index in [9.17, 15) is 4.79 Å². The molecule has 0 radical (unpaired) electrons. The number of rotatable bonds is 7. The SMILES string of the molecule is CCC.CCC(C)NC(C)SCC(=O)c1ccc(C)cc1.[HH]. The lowest BCUT2D eigenvalue weighted by Gasteiger charge is -2.17. The molecule has 21 heavy (non-hydrogen) atoms. The Morgan fingerprint density at radius 3 is 2.19 bits per heavy atom. The molecule has 1 aromatic rings. The highest BCUT2D eigenvalue weighted by Gasteiger charge is 2.10. The summed E-state index contributed by atoms with van der Waals surface area (Å²) in [5.74, 6) is 0.742. The van der Waals surface area contributed by atoms with Crippen molar-refractivity contribution in [2.45, 2.75) is 65.8 Å². The maximum absolute atomic E-state index is 12.0. The van der Waals surface area contributed by atoms with Crippen LogP contribution in [0.1, 0.15) is 64.8 Å². The summed E-state index contributed by atoms with van der Waals surface area (Å²) in [6.07, 6.45) is 2.36. The third-order valence-corrected chi connectivity index (χ3v) is 4.03. The predicted octanol–water partition coefficient (Wildman–Crippen LogP) is 5.31. The Balaban J connectivity index is 0. The Morgan fingerprint density at radius 1 is 1.19 bits per heavy atom. The summed E-state index contributed by atoms with van der Waals surface area (Å²) in [6, 6.07) is 8.29. The van der Waals surface area contributed by atoms with Gasteiger partial charge >= 0.3 is 0 Å². The fourth-order valence-corrected chi connectivity index (χ4v) is 2.49. The fourth-order valence-electron chi connectivity index (χ4n) is 1.59. The number of thioether (sulfide) groups is 1. The van der Waals surface area contributed by atoms with Gasteiger partial charge < -0.3 is 5.32 Å². The zero-order chi connectivity index (χ0) is 16.3. The molecule has 0 fully saturated rings. The molecule has 0 aliphatic rings. The molecule has 1 aromatic carbocycles. The van der Waals surface area contributed by atoms with E-state index in [-0.39, 0.29) is 7.21 Å². The van der Waals surface area contributed by atoms with E-state index in [1.54, 1.807) is 11.8 Å². The van der Waals surface area contributed by atoms with Gasteiger partial charge in [0.25, 0.3) is 0 Å². The van der Waals surface area contributed by atoms with Gasteiger partial charge in [0.2, 0.25) is 0 Å². The van der Waals surface area contributed by atoms with Crippen LogP contribution in [0.2, 0.25) is 0 Å². The van der Waals surface area contributed by atoms with Crippen molar-refractivity contribution in [2.24, 2.45) is 0 Å². The zero-order valence-corrected chi connectivity index (χ0v) is 15.2. The molecule has 0 amide bonds. The average Bonchev–Trinajstić information content (AvgIpc) is 2.46. The molecule has 1 rings (SSSR count). The van der Waals surface area contributed by atoms with Crippen molar-refractivity contribution in [1.29, 1.82) is 0 Å². The first-order chi connectivity index (χ1) is 9.94. The summed E-state index contributed by atoms with van der Waals surface area (Å²) >= 11 is 1.67. The van der Waals surface area contributed by atoms with Crippen molar-refractivity contribution in [2.75, 3.05) is 5.75 Å². The summed E-state index contributed by atoms with van der Waals surface area (Å²) in [5.41, 5.74) is 2.00. The molecule has 2 atom stereocenters. The summed E-state index contributed by atoms with van der Waals surface area (Å²) in [6.45, 7) is 12.7. The standard InChI is InChI=1S/C15H23NOS.C3H8.H2/c1-5-12(3)16-13(4)18-10-15(17)14-8-6-11(2)7-9-14;1-3-2;/h6-9,12-13,16H,5,10H2,1-4H3;3H2,1-2H3;1H. The maximum atomic E-state index is 12.0. The van der Waals surface area contributed by atoms with E-state index in [1.807, 2.05) is 31.2 Å². The van der Waals surface area contributed by atoms with E-state index in [0.29, 0.717) is 17.2 Å². The second-order valence-corrected chi connectivity index (χ2v) is 6.75. The molecule has 0 saturated heterocycles. The molecule has 0 aliphatic heterocycles. The Hall–Kier alpha value is -0.800. The van der Waals surface area contributed by atoms with E-state index in [2.05, 4.69) is 39.9 Å². The van der Waals surface area contributed by atoms with Crippen LogP contribution in [0, 0.1) is 6.92 Å². The van der Waals surface area contributed by atoms with Crippen LogP contribution in [0.15, 0.2) is 24.3 Å². The first kappa shape index (κ1) is 20.2. The minimum atomic E-state index is 0. The monoisotopic (exact) mass is 311 g/mol. The number of carbonyl (C=O) groups excluding carboxylic acids is 1. The lowest BCUT2D eigenvalue weighted by atomic mass is 10.1. The average molecular weight is 312 g/mol. The second kappa shape index (κ2) is 11.8. The minimum absolute atomic E-state index is 0. The maximum Gasteiger partial charge on any atom is 0.172 e. The predicted molar refractivity (Wildman–Crippen MR) is 98.4 cm³/mol. The molecule has 0 spiro atoms. The zero-order valence-electron chi connectivity index (χ0n) is 14.4. The van der Waals surface area contributed by atoms with Crippen LogP contribution in [0.4, 0.5) is 0 Å². The highest BCUT2D eigenvalue weighted by molar-refractivity contribution is 8.00. The highest BCUT2D eigenvalue weighted by Crippen LogP contribution is 2.13. The van der Waals surface area contributed by atoms with Crippen LogP contribution in [-0.4, -0.2) is 23.0 Å². The Kier molecular flexibility index (Phi) is 11.4. The summed E-state index contributed by atoms with van der Waals surface area (Å²) in [4.78, 5) is 12.0. The highest BCUT2D eigenvalue weighted by atomic mass is 32.2. The number of benzene rings is 1. The topological polar surface area (TPSA) is 29.1 Å². The van der Waals surface area contributed by atoms with Crippen LogP contribution in [0.25, 0.3) is 0 Å². The molecule has 2 nitrogen and oxygen atoms in total. The second-order valence-electron chi connectivity index (χ2n) is 5.43. The van der Waals surface area contributed by atoms with Crippen LogP contribution >= 0.6 is 11.8 Å². The molecule has 0 aliphatic carbocycles. The van der Waals surface area contributed by atoms with E-state index >= 15 is 0 Å².